The zero-order valence-corrected chi connectivity index (χ0v) is 16.5. The van der Waals surface area contributed by atoms with Gasteiger partial charge in [0.15, 0.2) is 17.8 Å². The van der Waals surface area contributed by atoms with E-state index < -0.39 is 5.91 Å². The van der Waals surface area contributed by atoms with Gasteiger partial charge in [-0.25, -0.2) is 0 Å². The van der Waals surface area contributed by atoms with Crippen molar-refractivity contribution < 1.29 is 23.8 Å². The van der Waals surface area contributed by atoms with Crippen LogP contribution in [-0.2, 0) is 4.74 Å². The maximum absolute atomic E-state index is 12.4. The third kappa shape index (κ3) is 6.81. The minimum atomic E-state index is -0.530. The quantitative estimate of drug-likeness (QED) is 0.441. The Hall–Kier alpha value is -3.26. The number of amides is 1. The standard InChI is InChI=1S/C18H19N3O4.C2H6O/c1-3-24-15-6-5-13(8-16(15)25-4-2)18(23)21-17(19)14-7-12(11-22)9-20-10-14;1-3-2/h5-11H,3-4H2,1-2H3,(H2,19,21,23);1-2H3. The Balaban J connectivity index is 0.00000122. The molecule has 2 N–H and O–H groups in total. The summed E-state index contributed by atoms with van der Waals surface area (Å²) in [5.74, 6) is 0.473. The molecular formula is C20H25N3O5. The van der Waals surface area contributed by atoms with Crippen molar-refractivity contribution in [2.24, 2.45) is 10.7 Å². The summed E-state index contributed by atoms with van der Waals surface area (Å²) >= 11 is 0. The fourth-order valence-corrected chi connectivity index (χ4v) is 2.08. The first-order chi connectivity index (χ1) is 13.5. The van der Waals surface area contributed by atoms with Crippen molar-refractivity contribution in [2.75, 3.05) is 27.4 Å². The number of aromatic nitrogens is 1. The van der Waals surface area contributed by atoms with Crippen molar-refractivity contribution in [2.45, 2.75) is 13.8 Å². The number of aldehydes is 1. The van der Waals surface area contributed by atoms with E-state index in [9.17, 15) is 9.59 Å². The molecule has 0 saturated carbocycles. The van der Waals surface area contributed by atoms with Crippen LogP contribution >= 0.6 is 0 Å². The lowest BCUT2D eigenvalue weighted by molar-refractivity contribution is 0.100. The van der Waals surface area contributed by atoms with Crippen LogP contribution in [0.2, 0.25) is 0 Å². The second kappa shape index (κ2) is 12.2. The first kappa shape index (κ1) is 22.8. The van der Waals surface area contributed by atoms with E-state index >= 15 is 0 Å². The van der Waals surface area contributed by atoms with Crippen LogP contribution in [0.3, 0.4) is 0 Å². The molecule has 0 aliphatic rings. The number of methoxy groups -OCH3 is 1. The number of rotatable bonds is 7. The van der Waals surface area contributed by atoms with Crippen LogP contribution in [0.1, 0.15) is 40.1 Å². The number of aliphatic imine (C=N–C) groups is 1. The van der Waals surface area contributed by atoms with Crippen LogP contribution in [0, 0.1) is 0 Å². The summed E-state index contributed by atoms with van der Waals surface area (Å²) in [6.07, 6.45) is 3.47. The highest BCUT2D eigenvalue weighted by Crippen LogP contribution is 2.28. The van der Waals surface area contributed by atoms with Gasteiger partial charge in [-0.1, -0.05) is 0 Å². The second-order valence-electron chi connectivity index (χ2n) is 5.36. The fourth-order valence-electron chi connectivity index (χ4n) is 2.08. The van der Waals surface area contributed by atoms with Crippen LogP contribution in [-0.4, -0.2) is 50.4 Å². The van der Waals surface area contributed by atoms with Crippen molar-refractivity contribution in [1.29, 1.82) is 0 Å². The van der Waals surface area contributed by atoms with Gasteiger partial charge in [0.25, 0.3) is 5.91 Å². The van der Waals surface area contributed by atoms with Crippen LogP contribution in [0.25, 0.3) is 0 Å². The molecule has 1 heterocycles. The van der Waals surface area contributed by atoms with Gasteiger partial charge >= 0.3 is 0 Å². The predicted molar refractivity (Wildman–Crippen MR) is 106 cm³/mol. The zero-order valence-electron chi connectivity index (χ0n) is 16.5. The highest BCUT2D eigenvalue weighted by Gasteiger charge is 2.12. The number of pyridine rings is 1. The first-order valence-electron chi connectivity index (χ1n) is 8.59. The molecule has 0 unspecified atom stereocenters. The Bertz CT molecular complexity index is 821. The van der Waals surface area contributed by atoms with Crippen molar-refractivity contribution in [3.8, 4) is 11.5 Å². The van der Waals surface area contributed by atoms with Crippen molar-refractivity contribution in [3.63, 3.8) is 0 Å². The third-order valence-electron chi connectivity index (χ3n) is 3.20. The molecule has 28 heavy (non-hydrogen) atoms. The zero-order chi connectivity index (χ0) is 20.9. The molecule has 1 aromatic carbocycles. The minimum Gasteiger partial charge on any atom is -0.490 e. The maximum Gasteiger partial charge on any atom is 0.279 e. The summed E-state index contributed by atoms with van der Waals surface area (Å²) in [6.45, 7) is 4.63. The number of hydrogen-bond donors (Lipinski definition) is 1. The van der Waals surface area contributed by atoms with E-state index in [1.54, 1.807) is 32.4 Å². The number of amidine groups is 1. The molecule has 0 atom stereocenters. The normalized spacial score (nSPS) is 10.5. The summed E-state index contributed by atoms with van der Waals surface area (Å²) in [5.41, 5.74) is 6.91. The fraction of sp³-hybridized carbons (Fsp3) is 0.300. The first-order valence-corrected chi connectivity index (χ1v) is 8.59. The van der Waals surface area contributed by atoms with Gasteiger partial charge in [-0.15, -0.1) is 0 Å². The monoisotopic (exact) mass is 387 g/mol. The Labute approximate surface area is 164 Å². The molecule has 8 heteroatoms. The molecule has 0 spiro atoms. The molecule has 0 bridgehead atoms. The van der Waals surface area contributed by atoms with Crippen LogP contribution in [0.15, 0.2) is 41.7 Å². The van der Waals surface area contributed by atoms with E-state index in [4.69, 9.17) is 15.2 Å². The summed E-state index contributed by atoms with van der Waals surface area (Å²) in [5, 5.41) is 0. The molecule has 1 amide bonds. The maximum atomic E-state index is 12.4. The predicted octanol–water partition coefficient (Wildman–Crippen LogP) is 2.50. The van der Waals surface area contributed by atoms with Gasteiger partial charge < -0.3 is 19.9 Å². The molecule has 0 aliphatic heterocycles. The van der Waals surface area contributed by atoms with E-state index in [2.05, 4.69) is 14.7 Å². The average Bonchev–Trinajstić information content (AvgIpc) is 2.70. The van der Waals surface area contributed by atoms with E-state index in [1.807, 2.05) is 13.8 Å². The van der Waals surface area contributed by atoms with Gasteiger partial charge in [-0.2, -0.15) is 4.99 Å². The van der Waals surface area contributed by atoms with Crippen LogP contribution in [0.5, 0.6) is 11.5 Å². The summed E-state index contributed by atoms with van der Waals surface area (Å²) < 4.78 is 15.2. The molecule has 150 valence electrons. The van der Waals surface area contributed by atoms with Crippen LogP contribution in [0.4, 0.5) is 0 Å². The molecule has 0 fully saturated rings. The number of carbonyl (C=O) groups excluding carboxylic acids is 2. The van der Waals surface area contributed by atoms with Gasteiger partial charge in [-0.3, -0.25) is 14.6 Å². The SMILES string of the molecule is CCOc1ccc(C(=O)N=C(N)c2cncc(C=O)c2)cc1OCC.COC. The number of benzene rings is 1. The molecule has 0 saturated heterocycles. The molecule has 8 nitrogen and oxygen atoms in total. The van der Waals surface area contributed by atoms with Gasteiger partial charge in [0.2, 0.25) is 0 Å². The van der Waals surface area contributed by atoms with Crippen molar-refractivity contribution in [1.82, 2.24) is 4.98 Å². The molecule has 0 radical (unpaired) electrons. The van der Waals surface area contributed by atoms with E-state index in [1.165, 1.54) is 18.5 Å². The Morgan fingerprint density at radius 1 is 1.07 bits per heavy atom. The number of nitrogens with zero attached hydrogens (tertiary/aromatic N) is 2. The third-order valence-corrected chi connectivity index (χ3v) is 3.20. The molecule has 0 aliphatic carbocycles. The number of hydrogen-bond acceptors (Lipinski definition) is 6. The smallest absolute Gasteiger partial charge is 0.279 e. The number of nitrogens with two attached hydrogens (primary N) is 1. The summed E-state index contributed by atoms with van der Waals surface area (Å²) in [6, 6.07) is 6.32. The topological polar surface area (TPSA) is 113 Å². The lowest BCUT2D eigenvalue weighted by Crippen LogP contribution is -2.16. The molecule has 1 aromatic heterocycles. The number of carbonyl (C=O) groups is 2. The van der Waals surface area contributed by atoms with E-state index in [0.29, 0.717) is 47.7 Å². The Morgan fingerprint density at radius 3 is 2.32 bits per heavy atom. The summed E-state index contributed by atoms with van der Waals surface area (Å²) in [4.78, 5) is 30.9. The lowest BCUT2D eigenvalue weighted by Gasteiger charge is -2.11. The highest BCUT2D eigenvalue weighted by atomic mass is 16.5. The molecule has 2 aromatic rings. The highest BCUT2D eigenvalue weighted by molar-refractivity contribution is 6.09. The van der Waals surface area contributed by atoms with E-state index in [0.717, 1.165) is 0 Å². The largest absolute Gasteiger partial charge is 0.490 e. The molecule has 2 rings (SSSR count). The molecular weight excluding hydrogens is 362 g/mol. The summed E-state index contributed by atoms with van der Waals surface area (Å²) in [7, 11) is 3.25. The Morgan fingerprint density at radius 2 is 1.71 bits per heavy atom. The van der Waals surface area contributed by atoms with Crippen molar-refractivity contribution >= 4 is 18.0 Å². The van der Waals surface area contributed by atoms with Crippen LogP contribution < -0.4 is 15.2 Å². The Kier molecular flexibility index (Phi) is 9.91. The lowest BCUT2D eigenvalue weighted by atomic mass is 10.1. The van der Waals surface area contributed by atoms with Gasteiger partial charge in [-0.05, 0) is 38.1 Å². The second-order valence-corrected chi connectivity index (χ2v) is 5.36. The van der Waals surface area contributed by atoms with Crippen molar-refractivity contribution in [3.05, 3.63) is 53.3 Å². The van der Waals surface area contributed by atoms with Gasteiger partial charge in [0, 0.05) is 43.3 Å². The average molecular weight is 387 g/mol. The van der Waals surface area contributed by atoms with Gasteiger partial charge in [0.05, 0.1) is 13.2 Å². The number of ether oxygens (including phenoxy) is 3. The van der Waals surface area contributed by atoms with Gasteiger partial charge in [0.1, 0.15) is 5.84 Å². The van der Waals surface area contributed by atoms with E-state index in [-0.39, 0.29) is 5.84 Å². The minimum absolute atomic E-state index is 0.0203.